The summed E-state index contributed by atoms with van der Waals surface area (Å²) in [5.41, 5.74) is 7.25. The number of ketones is 1. The Morgan fingerprint density at radius 1 is 0.841 bits per heavy atom. The van der Waals surface area contributed by atoms with E-state index in [9.17, 15) is 29.5 Å². The van der Waals surface area contributed by atoms with Crippen LogP contribution < -0.4 is 10.0 Å². The highest BCUT2D eigenvalue weighted by atomic mass is 32.1. The molecule has 0 radical (unpaired) electrons. The molecule has 2 aliphatic heterocycles. The zero-order valence-electron chi connectivity index (χ0n) is 37.0. The molecular weight excluding hydrogens is 862 g/mol. The molecule has 5 aromatic rings. The summed E-state index contributed by atoms with van der Waals surface area (Å²) in [6.45, 7) is 14.6. The van der Waals surface area contributed by atoms with E-state index in [2.05, 4.69) is 87.4 Å². The fourth-order valence-corrected chi connectivity index (χ4v) is 14.1. The first-order valence-electron chi connectivity index (χ1n) is 22.3. The lowest BCUT2D eigenvalue weighted by atomic mass is 9.77. The number of Topliss-reactive ketones (excluding diaryl/α,β-unsaturated/α-hetero) is 1. The molecule has 0 saturated heterocycles. The molecule has 8 rings (SSSR count). The Hall–Kier alpha value is -4.40. The van der Waals surface area contributed by atoms with Crippen LogP contribution >= 0.6 is 41.6 Å². The molecule has 0 amide bonds. The summed E-state index contributed by atoms with van der Waals surface area (Å²) in [5.74, 6) is -0.395. The van der Waals surface area contributed by atoms with E-state index in [4.69, 9.17) is 0 Å². The third-order valence-electron chi connectivity index (χ3n) is 13.1. The lowest BCUT2D eigenvalue weighted by Gasteiger charge is -2.32. The first-order valence-corrected chi connectivity index (χ1v) is 26.4. The van der Waals surface area contributed by atoms with Gasteiger partial charge in [-0.25, -0.2) is 0 Å². The van der Waals surface area contributed by atoms with Crippen molar-refractivity contribution in [3.8, 4) is 16.5 Å². The van der Waals surface area contributed by atoms with E-state index in [1.54, 1.807) is 28.7 Å². The Morgan fingerprint density at radius 2 is 1.51 bits per heavy atom. The quantitative estimate of drug-likeness (QED) is 0.0312. The smallest absolute Gasteiger partial charge is 0.366 e. The Balaban J connectivity index is 1.10. The van der Waals surface area contributed by atoms with E-state index in [-0.39, 0.29) is 28.1 Å². The van der Waals surface area contributed by atoms with E-state index in [0.717, 1.165) is 83.5 Å². The minimum atomic E-state index is -4.67. The molecule has 12 heteroatoms. The molecule has 0 atom stereocenters. The fraction of sp³-hybridized carbons (Fsp3) is 0.392. The molecule has 3 aromatic heterocycles. The van der Waals surface area contributed by atoms with Gasteiger partial charge in [0.2, 0.25) is 5.69 Å². The molecule has 0 bridgehead atoms. The minimum absolute atomic E-state index is 0.197. The van der Waals surface area contributed by atoms with Gasteiger partial charge in [0.15, 0.2) is 11.5 Å². The van der Waals surface area contributed by atoms with Gasteiger partial charge in [0.25, 0.3) is 0 Å². The van der Waals surface area contributed by atoms with Crippen molar-refractivity contribution in [2.24, 2.45) is 0 Å². The maximum atomic E-state index is 14.1. The van der Waals surface area contributed by atoms with Crippen molar-refractivity contribution in [3.63, 3.8) is 0 Å². The van der Waals surface area contributed by atoms with Crippen LogP contribution in [0.25, 0.3) is 35.3 Å². The van der Waals surface area contributed by atoms with Gasteiger partial charge in [-0.05, 0) is 80.8 Å². The Bertz CT molecular complexity index is 2890. The maximum absolute atomic E-state index is 14.1. The maximum Gasteiger partial charge on any atom is 0.366 e. The Morgan fingerprint density at radius 3 is 2.17 bits per heavy atom. The van der Waals surface area contributed by atoms with Crippen molar-refractivity contribution in [3.05, 3.63) is 111 Å². The lowest BCUT2D eigenvalue weighted by molar-refractivity contribution is -0.438. The second kappa shape index (κ2) is 17.9. The van der Waals surface area contributed by atoms with Crippen molar-refractivity contribution in [2.45, 2.75) is 117 Å². The van der Waals surface area contributed by atoms with E-state index in [1.807, 2.05) is 30.4 Å². The molecule has 0 unspecified atom stereocenters. The van der Waals surface area contributed by atoms with Gasteiger partial charge in [0, 0.05) is 77.8 Å². The number of hydrogen-bond donors (Lipinski definition) is 2. The highest BCUT2D eigenvalue weighted by molar-refractivity contribution is 7.57. The lowest BCUT2D eigenvalue weighted by Crippen LogP contribution is -2.35. The Kier molecular flexibility index (Phi) is 12.8. The van der Waals surface area contributed by atoms with Gasteiger partial charge in [0.05, 0.1) is 14.8 Å². The van der Waals surface area contributed by atoms with Gasteiger partial charge < -0.3 is 19.8 Å². The minimum Gasteiger partial charge on any atom is -0.871 e. The number of benzene rings is 2. The van der Waals surface area contributed by atoms with Gasteiger partial charge in [-0.1, -0.05) is 96.1 Å². The predicted molar refractivity (Wildman–Crippen MR) is 262 cm³/mol. The molecular formula is C51H56N3O5PS3. The van der Waals surface area contributed by atoms with Crippen LogP contribution in [0.4, 0.5) is 11.4 Å². The molecule has 0 saturated carbocycles. The van der Waals surface area contributed by atoms with Crippen molar-refractivity contribution in [1.82, 2.24) is 0 Å². The number of unbranched alkanes of at least 4 members (excludes halogenated alkanes) is 9. The van der Waals surface area contributed by atoms with Crippen LogP contribution in [0.1, 0.15) is 122 Å². The number of allylic oxidation sites excluding steroid dienone is 6. The molecule has 2 N–H and O–H groups in total. The molecule has 3 aliphatic rings. The molecule has 0 spiro atoms. The van der Waals surface area contributed by atoms with Gasteiger partial charge >= 0.3 is 7.60 Å². The van der Waals surface area contributed by atoms with Crippen LogP contribution in [-0.4, -0.2) is 38.9 Å². The summed E-state index contributed by atoms with van der Waals surface area (Å²) >= 11 is 4.75. The molecule has 1 aliphatic carbocycles. The van der Waals surface area contributed by atoms with E-state index in [1.165, 1.54) is 74.3 Å². The third-order valence-corrected chi connectivity index (χ3v) is 17.7. The van der Waals surface area contributed by atoms with Crippen molar-refractivity contribution >= 4 is 89.4 Å². The first kappa shape index (κ1) is 45.2. The van der Waals surface area contributed by atoms with E-state index >= 15 is 0 Å². The topological polar surface area (TPSA) is 128 Å². The second-order valence-corrected chi connectivity index (χ2v) is 22.8. The molecule has 63 heavy (non-hydrogen) atoms. The third kappa shape index (κ3) is 8.40. The van der Waals surface area contributed by atoms with Gasteiger partial charge in [0.1, 0.15) is 17.9 Å². The van der Waals surface area contributed by atoms with Crippen LogP contribution in [0, 0.1) is 11.3 Å². The molecule has 0 fully saturated rings. The number of anilines is 1. The number of carbonyl (C=O) groups excluding carboxylic acids is 1. The van der Waals surface area contributed by atoms with Crippen molar-refractivity contribution in [2.75, 3.05) is 18.0 Å². The van der Waals surface area contributed by atoms with Crippen LogP contribution in [-0.2, 0) is 20.2 Å². The zero-order chi connectivity index (χ0) is 44.8. The first-order chi connectivity index (χ1) is 30.1. The van der Waals surface area contributed by atoms with E-state index < -0.39 is 18.3 Å². The van der Waals surface area contributed by atoms with Gasteiger partial charge in [-0.3, -0.25) is 9.36 Å². The van der Waals surface area contributed by atoms with Crippen LogP contribution in [0.2, 0.25) is 0 Å². The van der Waals surface area contributed by atoms with Gasteiger partial charge in [-0.15, -0.1) is 34.0 Å². The monoisotopic (exact) mass is 917 g/mol. The molecule has 8 nitrogen and oxygen atoms in total. The predicted octanol–water partition coefficient (Wildman–Crippen LogP) is 13.0. The molecule has 2 aromatic carbocycles. The fourth-order valence-electron chi connectivity index (χ4n) is 9.58. The number of thiophene rings is 3. The molecule has 328 valence electrons. The average Bonchev–Trinajstić information content (AvgIpc) is 4.02. The molecule has 5 heterocycles. The second-order valence-electron chi connectivity index (χ2n) is 18.1. The van der Waals surface area contributed by atoms with Crippen LogP contribution in [0.15, 0.2) is 94.7 Å². The summed E-state index contributed by atoms with van der Waals surface area (Å²) in [6.07, 6.45) is 17.4. The summed E-state index contributed by atoms with van der Waals surface area (Å²) in [7, 11) is -4.67. The average molecular weight is 918 g/mol. The van der Waals surface area contributed by atoms with Crippen LogP contribution in [0.3, 0.4) is 0 Å². The zero-order valence-corrected chi connectivity index (χ0v) is 40.4. The highest BCUT2D eigenvalue weighted by Crippen LogP contribution is 2.52. The highest BCUT2D eigenvalue weighted by Gasteiger charge is 2.46. The number of rotatable bonds is 17. The van der Waals surface area contributed by atoms with Crippen molar-refractivity contribution in [1.29, 1.82) is 5.26 Å². The summed E-state index contributed by atoms with van der Waals surface area (Å²) in [5, 5.41) is 22.9. The number of nitrogens with zero attached hydrogens (tertiary/aromatic N) is 3. The summed E-state index contributed by atoms with van der Waals surface area (Å²) in [4.78, 5) is 37.3. The number of nitriles is 1. The standard InChI is InChI=1S/C51H56N3O5PS3/c1-7-9-10-11-12-13-14-15-16-19-24-54-40-23-22-32(41-30-43-49(63-41)48-42(62-43)27-34(61-48)26-33(31-52)60(57,58)59)25-38(40)51(5,6)45(54)29-36-46(55)35(47(36)56)28-44-50(3,4)37-20-17-18-21-39(37)53(44)8-2/h17-18,20-23,25-30H,7-16,19,24H2,1-6H3,(H2-,55,56,57,58,59)/b33-26-. The summed E-state index contributed by atoms with van der Waals surface area (Å²) in [6, 6.07) is 20.7. The van der Waals surface area contributed by atoms with Gasteiger partial charge in [-0.2, -0.15) is 9.84 Å². The van der Waals surface area contributed by atoms with Crippen LogP contribution in [0.5, 0.6) is 0 Å². The van der Waals surface area contributed by atoms with Crippen molar-refractivity contribution < 1.29 is 28.8 Å². The largest absolute Gasteiger partial charge is 0.871 e. The number of carbonyl (C=O) groups is 1. The number of fused-ring (bicyclic) bond motifs is 5. The van der Waals surface area contributed by atoms with E-state index in [0.29, 0.717) is 4.88 Å². The number of likely N-dealkylation sites (N-methyl/N-ethyl adjacent to an activating group) is 1. The SMILES string of the molecule is CCCCCCCCCCCC[N+]1=C(/C=C2/C(=O)C(/C=C3\N(CC)c4ccccc4C3(C)C)=C2[O-])C(C)(C)c2cc(-c3cc4sc5cc(/C=C(/C#N)P(=O)(O)O)sc5c4s3)ccc21. The number of para-hydroxylation sites is 1. The summed E-state index contributed by atoms with van der Waals surface area (Å²) < 4.78 is 18.5. The Labute approximate surface area is 383 Å². The number of hydrogen-bond acceptors (Lipinski definition) is 8. The normalized spacial score (nSPS) is 18.4.